The quantitative estimate of drug-likeness (QED) is 0.484. The highest BCUT2D eigenvalue weighted by Gasteiger charge is 2.41. The fourth-order valence-electron chi connectivity index (χ4n) is 3.98. The third-order valence-electron chi connectivity index (χ3n) is 5.34. The Morgan fingerprint density at radius 1 is 1.07 bits per heavy atom. The Bertz CT molecular complexity index is 1050. The predicted molar refractivity (Wildman–Crippen MR) is 117 cm³/mol. The Hall–Kier alpha value is -2.79. The third-order valence-corrected chi connectivity index (χ3v) is 5.83. The fourth-order valence-corrected chi connectivity index (χ4v) is 4.36. The van der Waals surface area contributed by atoms with Crippen LogP contribution in [0.4, 0.5) is 0 Å². The molecule has 3 aromatic carbocycles. The summed E-state index contributed by atoms with van der Waals surface area (Å²) in [5, 5.41) is 7.11. The highest BCUT2D eigenvalue weighted by Crippen LogP contribution is 2.48. The number of hydrazone groups is 1. The number of rotatable bonds is 4. The molecule has 2 heterocycles. The lowest BCUT2D eigenvalue weighted by Crippen LogP contribution is -2.33. The molecule has 0 fully saturated rings. The normalized spacial score (nSPS) is 19.8. The SMILES string of the molecule is CCOc1ccc([C@H]2Oc3ccc(Br)cc3[C@H]3CC(c4ccccc4)=NN32)cc1. The van der Waals surface area contributed by atoms with Crippen LogP contribution in [0.3, 0.4) is 0 Å². The molecule has 2 aliphatic heterocycles. The highest BCUT2D eigenvalue weighted by molar-refractivity contribution is 9.10. The van der Waals surface area contributed by atoms with E-state index in [4.69, 9.17) is 14.6 Å². The van der Waals surface area contributed by atoms with Gasteiger partial charge in [0.2, 0.25) is 6.23 Å². The summed E-state index contributed by atoms with van der Waals surface area (Å²) in [5.41, 5.74) is 4.47. The number of halogens is 1. The highest BCUT2D eigenvalue weighted by atomic mass is 79.9. The van der Waals surface area contributed by atoms with Gasteiger partial charge in [-0.25, -0.2) is 5.01 Å². The summed E-state index contributed by atoms with van der Waals surface area (Å²) in [7, 11) is 0. The molecule has 146 valence electrons. The molecule has 5 heteroatoms. The van der Waals surface area contributed by atoms with E-state index in [1.807, 2.05) is 37.3 Å². The van der Waals surface area contributed by atoms with Crippen LogP contribution >= 0.6 is 15.9 Å². The molecule has 0 N–H and O–H groups in total. The van der Waals surface area contributed by atoms with Gasteiger partial charge in [-0.2, -0.15) is 5.10 Å². The molecule has 4 nitrogen and oxygen atoms in total. The predicted octanol–water partition coefficient (Wildman–Crippen LogP) is 6.09. The van der Waals surface area contributed by atoms with Gasteiger partial charge in [0.1, 0.15) is 11.5 Å². The molecular weight excluding hydrogens is 428 g/mol. The van der Waals surface area contributed by atoms with Gasteiger partial charge in [0.15, 0.2) is 0 Å². The minimum atomic E-state index is -0.273. The van der Waals surface area contributed by atoms with Gasteiger partial charge in [-0.05, 0) is 55.0 Å². The zero-order valence-electron chi connectivity index (χ0n) is 16.1. The molecule has 0 saturated heterocycles. The Morgan fingerprint density at radius 3 is 2.62 bits per heavy atom. The van der Waals surface area contributed by atoms with E-state index in [-0.39, 0.29) is 12.3 Å². The molecule has 0 saturated carbocycles. The molecule has 2 atom stereocenters. The van der Waals surface area contributed by atoms with Gasteiger partial charge < -0.3 is 9.47 Å². The van der Waals surface area contributed by atoms with Crippen LogP contribution in [0, 0.1) is 0 Å². The van der Waals surface area contributed by atoms with Crippen LogP contribution in [0.15, 0.2) is 82.4 Å². The van der Waals surface area contributed by atoms with Gasteiger partial charge in [-0.3, -0.25) is 0 Å². The van der Waals surface area contributed by atoms with Gasteiger partial charge >= 0.3 is 0 Å². The smallest absolute Gasteiger partial charge is 0.213 e. The summed E-state index contributed by atoms with van der Waals surface area (Å²) in [6.07, 6.45) is 0.579. The summed E-state index contributed by atoms with van der Waals surface area (Å²) >= 11 is 3.60. The molecule has 0 radical (unpaired) electrons. The van der Waals surface area contributed by atoms with Crippen LogP contribution < -0.4 is 9.47 Å². The van der Waals surface area contributed by atoms with Crippen molar-refractivity contribution in [1.29, 1.82) is 0 Å². The van der Waals surface area contributed by atoms with E-state index in [9.17, 15) is 0 Å². The molecule has 3 aromatic rings. The number of nitrogens with zero attached hydrogens (tertiary/aromatic N) is 2. The molecule has 5 rings (SSSR count). The molecule has 0 aromatic heterocycles. The summed E-state index contributed by atoms with van der Waals surface area (Å²) < 4.78 is 13.1. The van der Waals surface area contributed by atoms with E-state index >= 15 is 0 Å². The van der Waals surface area contributed by atoms with E-state index in [2.05, 4.69) is 63.4 Å². The number of ether oxygens (including phenoxy) is 2. The summed E-state index contributed by atoms with van der Waals surface area (Å²) in [4.78, 5) is 0. The largest absolute Gasteiger partial charge is 0.494 e. The van der Waals surface area contributed by atoms with Crippen molar-refractivity contribution in [2.24, 2.45) is 5.10 Å². The lowest BCUT2D eigenvalue weighted by atomic mass is 9.96. The molecule has 29 heavy (non-hydrogen) atoms. The first-order valence-electron chi connectivity index (χ1n) is 9.83. The Kier molecular flexibility index (Phi) is 4.76. The van der Waals surface area contributed by atoms with Crippen LogP contribution in [0.25, 0.3) is 0 Å². The third kappa shape index (κ3) is 3.40. The second-order valence-electron chi connectivity index (χ2n) is 7.17. The van der Waals surface area contributed by atoms with Gasteiger partial charge in [-0.1, -0.05) is 46.3 Å². The van der Waals surface area contributed by atoms with Gasteiger partial charge in [0.25, 0.3) is 0 Å². The minimum absolute atomic E-state index is 0.142. The first-order chi connectivity index (χ1) is 14.2. The van der Waals surface area contributed by atoms with E-state index in [1.54, 1.807) is 0 Å². The second-order valence-corrected chi connectivity index (χ2v) is 8.08. The van der Waals surface area contributed by atoms with Crippen LogP contribution in [-0.4, -0.2) is 17.3 Å². The van der Waals surface area contributed by atoms with Gasteiger partial charge in [0.05, 0.1) is 18.4 Å². The van der Waals surface area contributed by atoms with Crippen LogP contribution in [0.5, 0.6) is 11.5 Å². The molecule has 0 aliphatic carbocycles. The van der Waals surface area contributed by atoms with Crippen molar-refractivity contribution in [1.82, 2.24) is 5.01 Å². The number of hydrogen-bond donors (Lipinski definition) is 0. The van der Waals surface area contributed by atoms with Crippen LogP contribution in [-0.2, 0) is 0 Å². The van der Waals surface area contributed by atoms with Crippen molar-refractivity contribution in [2.45, 2.75) is 25.6 Å². The van der Waals surface area contributed by atoms with Crippen molar-refractivity contribution < 1.29 is 9.47 Å². The first kappa shape index (κ1) is 18.3. The van der Waals surface area contributed by atoms with Crippen LogP contribution in [0.2, 0.25) is 0 Å². The molecule has 2 aliphatic rings. The molecule has 0 bridgehead atoms. The van der Waals surface area contributed by atoms with E-state index in [1.165, 1.54) is 0 Å². The zero-order valence-corrected chi connectivity index (χ0v) is 17.7. The average molecular weight is 449 g/mol. The van der Waals surface area contributed by atoms with Crippen molar-refractivity contribution in [3.8, 4) is 11.5 Å². The molecule has 0 spiro atoms. The fraction of sp³-hybridized carbons (Fsp3) is 0.208. The van der Waals surface area contributed by atoms with Crippen molar-refractivity contribution >= 4 is 21.6 Å². The van der Waals surface area contributed by atoms with Crippen molar-refractivity contribution in [2.75, 3.05) is 6.61 Å². The number of hydrogen-bond acceptors (Lipinski definition) is 4. The van der Waals surface area contributed by atoms with E-state index < -0.39 is 0 Å². The molecular formula is C24H21BrN2O2. The summed E-state index contributed by atoms with van der Waals surface area (Å²) in [5.74, 6) is 1.78. The summed E-state index contributed by atoms with van der Waals surface area (Å²) in [6.45, 7) is 2.64. The van der Waals surface area contributed by atoms with E-state index in [0.29, 0.717) is 6.61 Å². The number of fused-ring (bicyclic) bond motifs is 3. The lowest BCUT2D eigenvalue weighted by Gasteiger charge is -2.38. The van der Waals surface area contributed by atoms with Crippen molar-refractivity contribution in [3.05, 3.63) is 94.0 Å². The topological polar surface area (TPSA) is 34.1 Å². The zero-order chi connectivity index (χ0) is 19.8. The maximum absolute atomic E-state index is 6.43. The molecule has 0 amide bonds. The second kappa shape index (κ2) is 7.56. The van der Waals surface area contributed by atoms with Crippen LogP contribution in [0.1, 0.15) is 42.3 Å². The maximum Gasteiger partial charge on any atom is 0.213 e. The maximum atomic E-state index is 6.43. The van der Waals surface area contributed by atoms with Crippen molar-refractivity contribution in [3.63, 3.8) is 0 Å². The first-order valence-corrected chi connectivity index (χ1v) is 10.6. The lowest BCUT2D eigenvalue weighted by molar-refractivity contribution is -0.0191. The Morgan fingerprint density at radius 2 is 1.86 bits per heavy atom. The average Bonchev–Trinajstić information content (AvgIpc) is 3.21. The monoisotopic (exact) mass is 448 g/mol. The summed E-state index contributed by atoms with van der Waals surface area (Å²) in [6, 6.07) is 24.8. The number of benzene rings is 3. The Labute approximate surface area is 178 Å². The standard InChI is InChI=1S/C24H21BrN2O2/c1-2-28-19-11-8-17(9-12-19)24-27-22(20-14-18(25)10-13-23(20)29-24)15-21(26-27)16-6-4-3-5-7-16/h3-14,22,24H,2,15H2,1H3/t22-,24-/m1/s1. The van der Waals surface area contributed by atoms with Gasteiger partial charge in [-0.15, -0.1) is 0 Å². The Balaban J connectivity index is 1.56. The van der Waals surface area contributed by atoms with Gasteiger partial charge in [0, 0.05) is 22.0 Å². The molecule has 0 unspecified atom stereocenters. The minimum Gasteiger partial charge on any atom is -0.494 e. The van der Waals surface area contributed by atoms with E-state index in [0.717, 1.165) is 44.8 Å².